The average molecular weight is 520 g/mol. The minimum atomic E-state index is -0.193. The van der Waals surface area contributed by atoms with Gasteiger partial charge in [0.05, 0.1) is 26.1 Å². The van der Waals surface area contributed by atoms with E-state index in [1.165, 1.54) is 0 Å². The zero-order valence-electron chi connectivity index (χ0n) is 19.4. The summed E-state index contributed by atoms with van der Waals surface area (Å²) in [6, 6.07) is 29.0. The second-order valence-corrected chi connectivity index (χ2v) is 8.99. The number of hydrogen-bond acceptors (Lipinski definition) is 3. The molecule has 0 atom stereocenters. The normalized spacial score (nSPS) is 20.1. The number of carbonyl (C=O) groups is 2. The van der Waals surface area contributed by atoms with Crippen molar-refractivity contribution >= 4 is 23.6 Å². The molecule has 4 rings (SSSR count). The highest BCUT2D eigenvalue weighted by atomic mass is 79.9. The van der Waals surface area contributed by atoms with Gasteiger partial charge >= 0.3 is 5.97 Å². The number of likely N-dealkylation sites (tertiary alicyclic amines) is 1. The van der Waals surface area contributed by atoms with Crippen LogP contribution >= 0.6 is 0 Å². The number of rotatable bonds is 7. The molecule has 1 aliphatic rings. The third-order valence-electron chi connectivity index (χ3n) is 6.36. The number of hydrogen-bond donors (Lipinski definition) is 0. The topological polar surface area (TPSA) is 43.4 Å². The molecule has 0 radical (unpaired) electrons. The van der Waals surface area contributed by atoms with Gasteiger partial charge in [-0.1, -0.05) is 91.0 Å². The number of piperidine rings is 1. The van der Waals surface area contributed by atoms with Crippen LogP contribution in [0, 0.1) is 5.92 Å². The van der Waals surface area contributed by atoms with E-state index in [-0.39, 0.29) is 34.7 Å². The summed E-state index contributed by atoms with van der Waals surface area (Å²) in [6.07, 6.45) is 3.34. The third-order valence-corrected chi connectivity index (χ3v) is 6.36. The monoisotopic (exact) mass is 519 g/mol. The molecule has 0 aromatic heterocycles. The van der Waals surface area contributed by atoms with E-state index >= 15 is 0 Å². The Hall–Kier alpha value is -3.02. The second-order valence-electron chi connectivity index (χ2n) is 8.99. The molecule has 0 aliphatic carbocycles. The molecule has 0 saturated carbocycles. The van der Waals surface area contributed by atoms with Gasteiger partial charge < -0.3 is 26.2 Å². The molecule has 1 aliphatic heterocycles. The largest absolute Gasteiger partial charge is 1.00 e. The van der Waals surface area contributed by atoms with Crippen molar-refractivity contribution < 1.29 is 35.8 Å². The zero-order valence-corrected chi connectivity index (χ0v) is 21.0. The summed E-state index contributed by atoms with van der Waals surface area (Å²) in [6.45, 7) is 2.01. The Morgan fingerprint density at radius 1 is 0.824 bits per heavy atom. The average Bonchev–Trinajstić information content (AvgIpc) is 2.85. The lowest BCUT2D eigenvalue weighted by Crippen LogP contribution is -3.00. The molecule has 4 nitrogen and oxygen atoms in total. The Balaban J connectivity index is 0.00000324. The van der Waals surface area contributed by atoms with Crippen molar-refractivity contribution in [1.29, 1.82) is 0 Å². The predicted molar refractivity (Wildman–Crippen MR) is 131 cm³/mol. The number of ether oxygens (including phenoxy) is 1. The summed E-state index contributed by atoms with van der Waals surface area (Å²) in [7, 11) is 2.10. The Kier molecular flexibility index (Phi) is 8.97. The quantitative estimate of drug-likeness (QED) is 0.158. The molecule has 34 heavy (non-hydrogen) atoms. The van der Waals surface area contributed by atoms with Crippen molar-refractivity contribution in [2.75, 3.05) is 26.7 Å². The Labute approximate surface area is 212 Å². The maximum atomic E-state index is 13.1. The summed E-state index contributed by atoms with van der Waals surface area (Å²) < 4.78 is 6.60. The van der Waals surface area contributed by atoms with Crippen molar-refractivity contribution in [1.82, 2.24) is 0 Å². The van der Waals surface area contributed by atoms with E-state index < -0.39 is 0 Å². The molecule has 1 fully saturated rings. The molecule has 3 aromatic carbocycles. The number of nitrogens with zero attached hydrogens (tertiary/aromatic N) is 1. The fourth-order valence-corrected chi connectivity index (χ4v) is 4.31. The number of Topliss-reactive ketones (excluding diaryl/α,β-unsaturated/α-hetero) is 1. The van der Waals surface area contributed by atoms with E-state index in [4.69, 9.17) is 4.74 Å². The number of quaternary nitrogens is 1. The number of halogens is 1. The number of likely N-dealkylation sites (N-methyl/N-ethyl adjacent to an activating group) is 1. The molecule has 1 saturated heterocycles. The van der Waals surface area contributed by atoms with Gasteiger partial charge in [0.2, 0.25) is 5.78 Å². The van der Waals surface area contributed by atoms with Crippen molar-refractivity contribution in [2.24, 2.45) is 5.92 Å². The Morgan fingerprint density at radius 2 is 1.32 bits per heavy atom. The van der Waals surface area contributed by atoms with Gasteiger partial charge in [0.15, 0.2) is 0 Å². The number of esters is 1. The van der Waals surface area contributed by atoms with Gasteiger partial charge in [-0.25, -0.2) is 0 Å². The lowest BCUT2D eigenvalue weighted by atomic mass is 9.94. The number of carbonyl (C=O) groups excluding carboxylic acids is 2. The molecule has 3 aromatic rings. The molecule has 1 heterocycles. The summed E-state index contributed by atoms with van der Waals surface area (Å²) >= 11 is 0. The Bertz CT molecular complexity index is 1110. The fraction of sp³-hybridized carbons (Fsp3) is 0.241. The van der Waals surface area contributed by atoms with Crippen LogP contribution in [0.25, 0.3) is 11.8 Å². The third kappa shape index (κ3) is 6.75. The molecular formula is C29H30BrNO3. The first-order chi connectivity index (χ1) is 16.0. The van der Waals surface area contributed by atoms with Crippen LogP contribution in [0.15, 0.2) is 91.0 Å². The van der Waals surface area contributed by atoms with Crippen LogP contribution in [0.2, 0.25) is 0 Å². The molecule has 0 N–H and O–H groups in total. The van der Waals surface area contributed by atoms with Gasteiger partial charge in [-0.15, -0.1) is 0 Å². The summed E-state index contributed by atoms with van der Waals surface area (Å²) in [5.74, 6) is 0.359. The highest BCUT2D eigenvalue weighted by Gasteiger charge is 2.36. The standard InChI is InChI=1S/C29H30NO3.BrH/c1-30(22-27(31)24-13-7-3-8-14-24)19-17-26(18-20-30)29(32)33-28(25-15-9-4-10-16-25)21-23-11-5-2-6-12-23;/h2-16,21,26H,17-20,22H2,1H3;1H/q+1;/p-1. The van der Waals surface area contributed by atoms with Gasteiger partial charge in [-0.2, -0.15) is 0 Å². The van der Waals surface area contributed by atoms with Crippen LogP contribution in [0.4, 0.5) is 0 Å². The first kappa shape index (κ1) is 25.6. The van der Waals surface area contributed by atoms with Crippen LogP contribution < -0.4 is 17.0 Å². The van der Waals surface area contributed by atoms with Crippen molar-refractivity contribution in [3.05, 3.63) is 108 Å². The van der Waals surface area contributed by atoms with Crippen LogP contribution in [0.5, 0.6) is 0 Å². The van der Waals surface area contributed by atoms with Gasteiger partial charge in [0, 0.05) is 24.0 Å². The maximum Gasteiger partial charge on any atom is 0.314 e. The van der Waals surface area contributed by atoms with E-state index in [2.05, 4.69) is 7.05 Å². The Morgan fingerprint density at radius 3 is 1.88 bits per heavy atom. The smallest absolute Gasteiger partial charge is 0.314 e. The molecule has 5 heteroatoms. The number of benzene rings is 3. The molecule has 0 amide bonds. The molecule has 176 valence electrons. The SMILES string of the molecule is C[N+]1(CC(=O)c2ccccc2)CCC(C(=O)OC(=Cc2ccccc2)c2ccccc2)CC1.[Br-]. The molecule has 0 bridgehead atoms. The van der Waals surface area contributed by atoms with E-state index in [9.17, 15) is 9.59 Å². The highest BCUT2D eigenvalue weighted by Crippen LogP contribution is 2.27. The van der Waals surface area contributed by atoms with Crippen LogP contribution in [-0.4, -0.2) is 42.9 Å². The summed E-state index contributed by atoms with van der Waals surface area (Å²) in [5, 5.41) is 0. The fourth-order valence-electron chi connectivity index (χ4n) is 4.31. The zero-order chi connectivity index (χ0) is 23.1. The first-order valence-corrected chi connectivity index (χ1v) is 11.5. The second kappa shape index (κ2) is 11.9. The summed E-state index contributed by atoms with van der Waals surface area (Å²) in [4.78, 5) is 25.8. The van der Waals surface area contributed by atoms with E-state index in [1.807, 2.05) is 97.1 Å². The molecule has 0 spiro atoms. The van der Waals surface area contributed by atoms with Crippen molar-refractivity contribution in [3.63, 3.8) is 0 Å². The van der Waals surface area contributed by atoms with E-state index in [0.29, 0.717) is 29.6 Å². The van der Waals surface area contributed by atoms with Crippen molar-refractivity contribution in [3.8, 4) is 0 Å². The van der Waals surface area contributed by atoms with E-state index in [0.717, 1.165) is 29.8 Å². The first-order valence-electron chi connectivity index (χ1n) is 11.5. The van der Waals surface area contributed by atoms with Crippen LogP contribution in [0.1, 0.15) is 34.3 Å². The number of ketones is 1. The summed E-state index contributed by atoms with van der Waals surface area (Å²) in [5.41, 5.74) is 2.60. The predicted octanol–water partition coefficient (Wildman–Crippen LogP) is 2.47. The molecule has 0 unspecified atom stereocenters. The van der Waals surface area contributed by atoms with Gasteiger partial charge in [0.1, 0.15) is 12.3 Å². The highest BCUT2D eigenvalue weighted by molar-refractivity contribution is 5.97. The van der Waals surface area contributed by atoms with Crippen LogP contribution in [-0.2, 0) is 9.53 Å². The molecular weight excluding hydrogens is 490 g/mol. The minimum Gasteiger partial charge on any atom is -1.00 e. The van der Waals surface area contributed by atoms with Gasteiger partial charge in [-0.05, 0) is 11.6 Å². The lowest BCUT2D eigenvalue weighted by molar-refractivity contribution is -0.906. The maximum absolute atomic E-state index is 13.1. The van der Waals surface area contributed by atoms with Gasteiger partial charge in [-0.3, -0.25) is 9.59 Å². The minimum absolute atomic E-state index is 0. The van der Waals surface area contributed by atoms with Crippen LogP contribution in [0.3, 0.4) is 0 Å². The lowest BCUT2D eigenvalue weighted by Gasteiger charge is -2.39. The van der Waals surface area contributed by atoms with E-state index in [1.54, 1.807) is 0 Å². The van der Waals surface area contributed by atoms with Gasteiger partial charge in [0.25, 0.3) is 0 Å². The van der Waals surface area contributed by atoms with Crippen molar-refractivity contribution in [2.45, 2.75) is 12.8 Å².